The standard InChI is InChI=1S/C14H32O4Si5/c1-19(2)15-21(5)17-23(8,14-12-10-9-11-13-14)18-22(6,7)16-20(3)4/h9-13,19-21H,1-8H3. The van der Waals surface area contributed by atoms with Crippen molar-refractivity contribution in [3.8, 4) is 0 Å². The second kappa shape index (κ2) is 9.01. The maximum atomic E-state index is 6.61. The lowest BCUT2D eigenvalue weighted by atomic mass is 10.4. The van der Waals surface area contributed by atoms with Gasteiger partial charge in [-0.1, -0.05) is 30.3 Å². The quantitative estimate of drug-likeness (QED) is 0.593. The van der Waals surface area contributed by atoms with Gasteiger partial charge in [-0.15, -0.1) is 0 Å². The molecule has 0 aliphatic rings. The Morgan fingerprint density at radius 3 is 1.83 bits per heavy atom. The molecular weight excluding hydrogens is 373 g/mol. The zero-order valence-corrected chi connectivity index (χ0v) is 21.2. The Hall–Kier alpha value is 0.144. The van der Waals surface area contributed by atoms with Gasteiger partial charge in [0.1, 0.15) is 0 Å². The van der Waals surface area contributed by atoms with Crippen LogP contribution in [0.15, 0.2) is 30.3 Å². The van der Waals surface area contributed by atoms with Crippen LogP contribution in [0.3, 0.4) is 0 Å². The van der Waals surface area contributed by atoms with Gasteiger partial charge >= 0.3 is 17.1 Å². The first-order valence-corrected chi connectivity index (χ1v) is 21.1. The van der Waals surface area contributed by atoms with E-state index in [1.807, 2.05) is 18.2 Å². The summed E-state index contributed by atoms with van der Waals surface area (Å²) in [5.41, 5.74) is 0. The molecule has 2 atom stereocenters. The molecule has 0 amide bonds. The number of hydrogen-bond acceptors (Lipinski definition) is 4. The summed E-state index contributed by atoms with van der Waals surface area (Å²) < 4.78 is 25.4. The van der Waals surface area contributed by atoms with Crippen molar-refractivity contribution in [1.29, 1.82) is 0 Å². The van der Waals surface area contributed by atoms with E-state index in [-0.39, 0.29) is 0 Å². The average Bonchev–Trinajstić information content (AvgIpc) is 2.35. The van der Waals surface area contributed by atoms with Gasteiger partial charge in [-0.3, -0.25) is 0 Å². The summed E-state index contributed by atoms with van der Waals surface area (Å²) in [6, 6.07) is 10.3. The molecular formula is C14H32O4Si5. The summed E-state index contributed by atoms with van der Waals surface area (Å²) in [6.45, 7) is 17.2. The molecule has 0 N–H and O–H groups in total. The molecule has 0 aromatic heterocycles. The predicted octanol–water partition coefficient (Wildman–Crippen LogP) is 2.55. The first-order valence-electron chi connectivity index (χ1n) is 8.31. The van der Waals surface area contributed by atoms with Gasteiger partial charge in [0, 0.05) is 0 Å². The van der Waals surface area contributed by atoms with E-state index >= 15 is 0 Å². The molecule has 9 heteroatoms. The summed E-state index contributed by atoms with van der Waals surface area (Å²) in [7, 11) is -8.70. The van der Waals surface area contributed by atoms with Crippen LogP contribution in [0.4, 0.5) is 0 Å². The minimum Gasteiger partial charge on any atom is -0.442 e. The lowest BCUT2D eigenvalue weighted by Gasteiger charge is -2.38. The van der Waals surface area contributed by atoms with Crippen molar-refractivity contribution >= 4 is 49.7 Å². The van der Waals surface area contributed by atoms with Gasteiger partial charge in [-0.05, 0) is 57.6 Å². The third kappa shape index (κ3) is 7.71. The van der Waals surface area contributed by atoms with E-state index in [1.54, 1.807) is 0 Å². The molecule has 0 heterocycles. The highest BCUT2D eigenvalue weighted by Gasteiger charge is 2.43. The maximum Gasteiger partial charge on any atom is 0.351 e. The monoisotopic (exact) mass is 404 g/mol. The first kappa shape index (κ1) is 21.2. The topological polar surface area (TPSA) is 36.9 Å². The Labute approximate surface area is 148 Å². The SMILES string of the molecule is C[SiH](C)O[SiH](C)O[Si](C)(O[Si](C)(C)O[SiH](C)C)c1ccccc1. The predicted molar refractivity (Wildman–Crippen MR) is 110 cm³/mol. The number of rotatable bonds is 9. The normalized spacial score (nSPS) is 16.6. The third-order valence-electron chi connectivity index (χ3n) is 3.11. The Morgan fingerprint density at radius 2 is 1.35 bits per heavy atom. The highest BCUT2D eigenvalue weighted by Crippen LogP contribution is 2.19. The van der Waals surface area contributed by atoms with E-state index in [2.05, 4.69) is 64.5 Å². The van der Waals surface area contributed by atoms with Crippen LogP contribution in [-0.2, 0) is 16.5 Å². The summed E-state index contributed by atoms with van der Waals surface area (Å²) in [4.78, 5) is 0. The van der Waals surface area contributed by atoms with Gasteiger partial charge in [0.2, 0.25) is 0 Å². The minimum atomic E-state index is -2.54. The molecule has 0 bridgehead atoms. The van der Waals surface area contributed by atoms with Crippen LogP contribution in [0.5, 0.6) is 0 Å². The molecule has 1 rings (SSSR count). The van der Waals surface area contributed by atoms with Crippen molar-refractivity contribution in [3.05, 3.63) is 30.3 Å². The molecule has 1 aromatic rings. The van der Waals surface area contributed by atoms with Crippen LogP contribution in [0.1, 0.15) is 0 Å². The Kier molecular flexibility index (Phi) is 8.30. The van der Waals surface area contributed by atoms with Gasteiger partial charge in [0.25, 0.3) is 9.28 Å². The Balaban J connectivity index is 3.02. The maximum absolute atomic E-state index is 6.61. The van der Waals surface area contributed by atoms with Crippen molar-refractivity contribution in [3.63, 3.8) is 0 Å². The molecule has 0 aliphatic carbocycles. The van der Waals surface area contributed by atoms with Crippen LogP contribution in [0.2, 0.25) is 52.4 Å². The third-order valence-corrected chi connectivity index (χ3v) is 19.0. The van der Waals surface area contributed by atoms with E-state index in [1.165, 1.54) is 0 Å². The smallest absolute Gasteiger partial charge is 0.351 e. The van der Waals surface area contributed by atoms with Crippen LogP contribution >= 0.6 is 0 Å². The average molecular weight is 405 g/mol. The molecule has 132 valence electrons. The fraction of sp³-hybridized carbons (Fsp3) is 0.571. The molecule has 23 heavy (non-hydrogen) atoms. The summed E-state index contributed by atoms with van der Waals surface area (Å²) in [5, 5.41) is 1.16. The van der Waals surface area contributed by atoms with Gasteiger partial charge in [-0.25, -0.2) is 0 Å². The lowest BCUT2D eigenvalue weighted by molar-refractivity contribution is 0.323. The minimum absolute atomic E-state index is 1.10. The zero-order valence-electron chi connectivity index (χ0n) is 15.8. The van der Waals surface area contributed by atoms with Crippen LogP contribution in [-0.4, -0.2) is 44.5 Å². The van der Waals surface area contributed by atoms with Crippen molar-refractivity contribution in [2.24, 2.45) is 0 Å². The van der Waals surface area contributed by atoms with Gasteiger partial charge in [-0.2, -0.15) is 0 Å². The van der Waals surface area contributed by atoms with E-state index in [0.717, 1.165) is 5.19 Å². The molecule has 0 saturated heterocycles. The molecule has 1 aromatic carbocycles. The van der Waals surface area contributed by atoms with Crippen molar-refractivity contribution < 1.29 is 16.5 Å². The summed E-state index contributed by atoms with van der Waals surface area (Å²) in [5.74, 6) is 0. The van der Waals surface area contributed by atoms with Gasteiger partial charge < -0.3 is 16.5 Å². The summed E-state index contributed by atoms with van der Waals surface area (Å²) >= 11 is 0. The van der Waals surface area contributed by atoms with Crippen molar-refractivity contribution in [2.75, 3.05) is 0 Å². The Bertz CT molecular complexity index is 471. The highest BCUT2D eigenvalue weighted by molar-refractivity contribution is 6.91. The zero-order chi connectivity index (χ0) is 17.7. The number of benzene rings is 1. The fourth-order valence-corrected chi connectivity index (χ4v) is 20.4. The van der Waals surface area contributed by atoms with E-state index in [9.17, 15) is 0 Å². The molecule has 4 nitrogen and oxygen atoms in total. The summed E-state index contributed by atoms with van der Waals surface area (Å²) in [6.07, 6.45) is 0. The molecule has 2 unspecified atom stereocenters. The fourth-order valence-electron chi connectivity index (χ4n) is 2.68. The van der Waals surface area contributed by atoms with E-state index < -0.39 is 44.5 Å². The van der Waals surface area contributed by atoms with Gasteiger partial charge in [0.15, 0.2) is 18.1 Å². The Morgan fingerprint density at radius 1 is 0.783 bits per heavy atom. The largest absolute Gasteiger partial charge is 0.442 e. The molecule has 0 fully saturated rings. The van der Waals surface area contributed by atoms with Crippen LogP contribution in [0, 0.1) is 0 Å². The van der Waals surface area contributed by atoms with Crippen LogP contribution in [0.25, 0.3) is 0 Å². The molecule has 0 saturated carbocycles. The van der Waals surface area contributed by atoms with E-state index in [4.69, 9.17) is 16.5 Å². The first-order chi connectivity index (χ1) is 10.5. The second-order valence-corrected chi connectivity index (χ2v) is 21.2. The lowest BCUT2D eigenvalue weighted by Crippen LogP contribution is -2.61. The van der Waals surface area contributed by atoms with Gasteiger partial charge in [0.05, 0.1) is 0 Å². The molecule has 0 spiro atoms. The van der Waals surface area contributed by atoms with E-state index in [0.29, 0.717) is 0 Å². The highest BCUT2D eigenvalue weighted by atomic mass is 28.5. The molecule has 0 radical (unpaired) electrons. The molecule has 0 aliphatic heterocycles. The number of hydrogen-bond donors (Lipinski definition) is 0. The second-order valence-electron chi connectivity index (χ2n) is 6.85. The van der Waals surface area contributed by atoms with Crippen LogP contribution < -0.4 is 5.19 Å². The van der Waals surface area contributed by atoms with Crippen molar-refractivity contribution in [2.45, 2.75) is 52.4 Å². The van der Waals surface area contributed by atoms with Crippen molar-refractivity contribution in [1.82, 2.24) is 0 Å².